The molecule has 1 amide bonds. The van der Waals surface area contributed by atoms with Crippen molar-refractivity contribution in [2.75, 3.05) is 26.2 Å². The Morgan fingerprint density at radius 3 is 2.46 bits per heavy atom. The van der Waals surface area contributed by atoms with E-state index in [2.05, 4.69) is 0 Å². The number of piperidine rings is 2. The monoisotopic (exact) mass is 418 g/mol. The third-order valence-corrected chi connectivity index (χ3v) is 7.68. The van der Waals surface area contributed by atoms with Gasteiger partial charge in [-0.3, -0.25) is 4.79 Å². The fourth-order valence-corrected chi connectivity index (χ4v) is 5.62. The summed E-state index contributed by atoms with van der Waals surface area (Å²) >= 11 is 11.9. The van der Waals surface area contributed by atoms with Gasteiger partial charge in [0.1, 0.15) is 0 Å². The molecule has 0 unspecified atom stereocenters. The largest absolute Gasteiger partial charge is 0.342 e. The van der Waals surface area contributed by atoms with Gasteiger partial charge in [0, 0.05) is 26.2 Å². The zero-order chi connectivity index (χ0) is 18.7. The van der Waals surface area contributed by atoms with Crippen LogP contribution in [0.5, 0.6) is 0 Å². The summed E-state index contributed by atoms with van der Waals surface area (Å²) in [6.45, 7) is 2.34. The van der Waals surface area contributed by atoms with E-state index in [0.717, 1.165) is 32.4 Å². The minimum Gasteiger partial charge on any atom is -0.342 e. The Balaban J connectivity index is 1.67. The van der Waals surface area contributed by atoms with Gasteiger partial charge in [-0.25, -0.2) is 12.7 Å². The first-order valence-electron chi connectivity index (χ1n) is 9.07. The Morgan fingerprint density at radius 1 is 1.04 bits per heavy atom. The third kappa shape index (κ3) is 4.71. The molecule has 0 saturated carbocycles. The number of sulfonamides is 1. The average Bonchev–Trinajstić information content (AvgIpc) is 2.65. The molecule has 2 aliphatic rings. The standard InChI is InChI=1S/C18H24Cl2N2O3S/c19-16-7-6-14(11-17(16)20)13-26(24,25)22-10-4-5-15(12-22)18(23)21-8-2-1-3-9-21/h6-7,11,15H,1-5,8-10,12-13H2/t15-/m0/s1. The van der Waals surface area contributed by atoms with Crippen LogP contribution >= 0.6 is 23.2 Å². The molecule has 5 nitrogen and oxygen atoms in total. The lowest BCUT2D eigenvalue weighted by Crippen LogP contribution is -2.48. The SMILES string of the molecule is O=C([C@H]1CCCN(S(=O)(=O)Cc2ccc(Cl)c(Cl)c2)C1)N1CCCCC1. The molecule has 0 spiro atoms. The maximum atomic E-state index is 12.8. The van der Waals surface area contributed by atoms with Crippen molar-refractivity contribution < 1.29 is 13.2 Å². The maximum absolute atomic E-state index is 12.8. The van der Waals surface area contributed by atoms with Crippen molar-refractivity contribution in [2.45, 2.75) is 37.9 Å². The smallest absolute Gasteiger partial charge is 0.227 e. The summed E-state index contributed by atoms with van der Waals surface area (Å²) in [5.74, 6) is -0.251. The Kier molecular flexibility index (Phi) is 6.49. The number of hydrogen-bond acceptors (Lipinski definition) is 3. The Bertz CT molecular complexity index is 764. The van der Waals surface area contributed by atoms with E-state index >= 15 is 0 Å². The second-order valence-electron chi connectivity index (χ2n) is 7.09. The molecule has 3 rings (SSSR count). The first-order valence-corrected chi connectivity index (χ1v) is 11.4. The van der Waals surface area contributed by atoms with Gasteiger partial charge in [0.05, 0.1) is 21.7 Å². The predicted molar refractivity (Wildman–Crippen MR) is 104 cm³/mol. The normalized spacial score (nSPS) is 22.4. The highest BCUT2D eigenvalue weighted by Gasteiger charge is 2.34. The molecular formula is C18H24Cl2N2O3S. The van der Waals surface area contributed by atoms with Crippen LogP contribution < -0.4 is 0 Å². The van der Waals surface area contributed by atoms with Gasteiger partial charge in [-0.15, -0.1) is 0 Å². The number of halogens is 2. The van der Waals surface area contributed by atoms with Gasteiger partial charge in [0.15, 0.2) is 0 Å². The molecule has 2 saturated heterocycles. The number of nitrogens with zero attached hydrogens (tertiary/aromatic N) is 2. The molecule has 1 atom stereocenters. The number of likely N-dealkylation sites (tertiary alicyclic amines) is 1. The van der Waals surface area contributed by atoms with Crippen molar-refractivity contribution in [3.05, 3.63) is 33.8 Å². The van der Waals surface area contributed by atoms with Crippen molar-refractivity contribution in [3.63, 3.8) is 0 Å². The number of rotatable bonds is 4. The molecule has 0 aliphatic carbocycles. The van der Waals surface area contributed by atoms with Crippen LogP contribution in [0.3, 0.4) is 0 Å². The predicted octanol–water partition coefficient (Wildman–Crippen LogP) is 3.55. The number of benzene rings is 1. The maximum Gasteiger partial charge on any atom is 0.227 e. The van der Waals surface area contributed by atoms with Crippen LogP contribution in [0.1, 0.15) is 37.7 Å². The van der Waals surface area contributed by atoms with Crippen LogP contribution in [-0.2, 0) is 20.6 Å². The van der Waals surface area contributed by atoms with Crippen LogP contribution in [0.4, 0.5) is 0 Å². The van der Waals surface area contributed by atoms with Crippen molar-refractivity contribution in [2.24, 2.45) is 5.92 Å². The van der Waals surface area contributed by atoms with E-state index in [1.165, 1.54) is 10.7 Å². The van der Waals surface area contributed by atoms with Crippen molar-refractivity contribution in [1.82, 2.24) is 9.21 Å². The first-order chi connectivity index (χ1) is 12.4. The lowest BCUT2D eigenvalue weighted by molar-refractivity contribution is -0.137. The van der Waals surface area contributed by atoms with E-state index < -0.39 is 10.0 Å². The topological polar surface area (TPSA) is 57.7 Å². The van der Waals surface area contributed by atoms with Crippen LogP contribution in [0.15, 0.2) is 18.2 Å². The van der Waals surface area contributed by atoms with Crippen LogP contribution in [0.25, 0.3) is 0 Å². The van der Waals surface area contributed by atoms with Gasteiger partial charge < -0.3 is 4.90 Å². The van der Waals surface area contributed by atoms with E-state index in [1.54, 1.807) is 18.2 Å². The fraction of sp³-hybridized carbons (Fsp3) is 0.611. The van der Waals surface area contributed by atoms with Crippen LogP contribution in [0, 0.1) is 5.92 Å². The second kappa shape index (κ2) is 8.46. The summed E-state index contributed by atoms with van der Waals surface area (Å²) in [6, 6.07) is 4.86. The van der Waals surface area contributed by atoms with Gasteiger partial charge in [-0.1, -0.05) is 29.3 Å². The fourth-order valence-electron chi connectivity index (χ4n) is 3.70. The Hall–Kier alpha value is -0.820. The van der Waals surface area contributed by atoms with Gasteiger partial charge >= 0.3 is 0 Å². The molecule has 1 aromatic carbocycles. The minimum atomic E-state index is -3.50. The van der Waals surface area contributed by atoms with E-state index in [1.807, 2.05) is 4.90 Å². The zero-order valence-electron chi connectivity index (χ0n) is 14.7. The summed E-state index contributed by atoms with van der Waals surface area (Å²) in [7, 11) is -3.50. The Morgan fingerprint density at radius 2 is 1.77 bits per heavy atom. The Labute approximate surface area is 165 Å². The quantitative estimate of drug-likeness (QED) is 0.750. The van der Waals surface area contributed by atoms with Gasteiger partial charge in [0.25, 0.3) is 0 Å². The van der Waals surface area contributed by atoms with Crippen molar-refractivity contribution in [1.29, 1.82) is 0 Å². The molecule has 2 aliphatic heterocycles. The number of carbonyl (C=O) groups excluding carboxylic acids is 1. The zero-order valence-corrected chi connectivity index (χ0v) is 17.0. The molecule has 0 aromatic heterocycles. The highest BCUT2D eigenvalue weighted by atomic mass is 35.5. The molecule has 0 bridgehead atoms. The highest BCUT2D eigenvalue weighted by Crippen LogP contribution is 2.27. The molecule has 144 valence electrons. The van der Waals surface area contributed by atoms with Crippen molar-refractivity contribution in [3.8, 4) is 0 Å². The molecule has 26 heavy (non-hydrogen) atoms. The van der Waals surface area contributed by atoms with Crippen LogP contribution in [0.2, 0.25) is 10.0 Å². The molecule has 8 heteroatoms. The average molecular weight is 419 g/mol. The molecule has 0 radical (unpaired) electrons. The van der Waals surface area contributed by atoms with Crippen molar-refractivity contribution >= 4 is 39.1 Å². The van der Waals surface area contributed by atoms with Gasteiger partial charge in [0.2, 0.25) is 15.9 Å². The lowest BCUT2D eigenvalue weighted by Gasteiger charge is -2.35. The van der Waals surface area contributed by atoms with Crippen LogP contribution in [-0.4, -0.2) is 49.7 Å². The molecule has 0 N–H and O–H groups in total. The first kappa shape index (κ1) is 19.9. The summed E-state index contributed by atoms with van der Waals surface area (Å²) in [5, 5.41) is 0.745. The van der Waals surface area contributed by atoms with E-state index in [9.17, 15) is 13.2 Å². The van der Waals surface area contributed by atoms with E-state index in [0.29, 0.717) is 28.6 Å². The second-order valence-corrected chi connectivity index (χ2v) is 9.87. The molecule has 1 aromatic rings. The lowest BCUT2D eigenvalue weighted by atomic mass is 9.97. The van der Waals surface area contributed by atoms with E-state index in [4.69, 9.17) is 23.2 Å². The number of hydrogen-bond donors (Lipinski definition) is 0. The number of carbonyl (C=O) groups is 1. The summed E-state index contributed by atoms with van der Waals surface area (Å²) < 4.78 is 27.1. The summed E-state index contributed by atoms with van der Waals surface area (Å²) in [5.41, 5.74) is 0.601. The summed E-state index contributed by atoms with van der Waals surface area (Å²) in [6.07, 6.45) is 4.72. The molecule has 2 heterocycles. The summed E-state index contributed by atoms with van der Waals surface area (Å²) in [4.78, 5) is 14.6. The number of amides is 1. The highest BCUT2D eigenvalue weighted by molar-refractivity contribution is 7.88. The molecule has 2 fully saturated rings. The third-order valence-electron chi connectivity index (χ3n) is 5.13. The minimum absolute atomic E-state index is 0.110. The van der Waals surface area contributed by atoms with E-state index in [-0.39, 0.29) is 24.1 Å². The van der Waals surface area contributed by atoms with Gasteiger partial charge in [-0.05, 0) is 49.8 Å². The molecular weight excluding hydrogens is 395 g/mol. The van der Waals surface area contributed by atoms with Gasteiger partial charge in [-0.2, -0.15) is 0 Å².